The standard InChI is InChI=1S/C19H22N2O3/c1-13-5-10-17(24-13)14(2)20-18(22)12-15-6-8-16(9-7-15)21-11-3-4-19(21)23/h5-10,14H,3-4,11-12H2,1-2H3,(H,20,22). The van der Waals surface area contributed by atoms with Gasteiger partial charge in [-0.1, -0.05) is 12.1 Å². The average molecular weight is 326 g/mol. The summed E-state index contributed by atoms with van der Waals surface area (Å²) in [5, 5.41) is 2.94. The number of nitrogens with zero attached hydrogens (tertiary/aromatic N) is 1. The fraction of sp³-hybridized carbons (Fsp3) is 0.368. The van der Waals surface area contributed by atoms with E-state index >= 15 is 0 Å². The van der Waals surface area contributed by atoms with Crippen molar-refractivity contribution in [3.8, 4) is 0 Å². The molecule has 1 aromatic carbocycles. The van der Waals surface area contributed by atoms with E-state index in [2.05, 4.69) is 5.32 Å². The minimum Gasteiger partial charge on any atom is -0.464 e. The summed E-state index contributed by atoms with van der Waals surface area (Å²) < 4.78 is 5.53. The molecule has 0 aliphatic carbocycles. The van der Waals surface area contributed by atoms with E-state index in [1.54, 1.807) is 4.90 Å². The Morgan fingerprint density at radius 1 is 1.25 bits per heavy atom. The first-order valence-electron chi connectivity index (χ1n) is 8.28. The fourth-order valence-corrected chi connectivity index (χ4v) is 2.95. The zero-order chi connectivity index (χ0) is 17.1. The lowest BCUT2D eigenvalue weighted by molar-refractivity contribution is -0.121. The Kier molecular flexibility index (Phi) is 4.69. The van der Waals surface area contributed by atoms with E-state index in [0.29, 0.717) is 12.8 Å². The fourth-order valence-electron chi connectivity index (χ4n) is 2.95. The zero-order valence-electron chi connectivity index (χ0n) is 14.0. The van der Waals surface area contributed by atoms with Crippen LogP contribution in [-0.4, -0.2) is 18.4 Å². The third-order valence-electron chi connectivity index (χ3n) is 4.25. The number of carbonyl (C=O) groups excluding carboxylic acids is 2. The zero-order valence-corrected chi connectivity index (χ0v) is 14.0. The van der Waals surface area contributed by atoms with Crippen molar-refractivity contribution in [2.45, 2.75) is 39.2 Å². The van der Waals surface area contributed by atoms with Crippen LogP contribution in [-0.2, 0) is 16.0 Å². The van der Waals surface area contributed by atoms with E-state index < -0.39 is 0 Å². The van der Waals surface area contributed by atoms with Crippen LogP contribution in [0.1, 0.15) is 42.9 Å². The molecule has 1 atom stereocenters. The number of nitrogens with one attached hydrogen (secondary N) is 1. The molecule has 0 radical (unpaired) electrons. The van der Waals surface area contributed by atoms with Crippen LogP contribution in [0.25, 0.3) is 0 Å². The number of hydrogen-bond donors (Lipinski definition) is 1. The van der Waals surface area contributed by atoms with Gasteiger partial charge in [0.2, 0.25) is 11.8 Å². The molecule has 0 saturated carbocycles. The monoisotopic (exact) mass is 326 g/mol. The van der Waals surface area contributed by atoms with Crippen molar-refractivity contribution >= 4 is 17.5 Å². The topological polar surface area (TPSA) is 62.6 Å². The number of amides is 2. The van der Waals surface area contributed by atoms with Crippen molar-refractivity contribution in [3.63, 3.8) is 0 Å². The summed E-state index contributed by atoms with van der Waals surface area (Å²) >= 11 is 0. The molecule has 126 valence electrons. The van der Waals surface area contributed by atoms with Gasteiger partial charge in [-0.3, -0.25) is 9.59 Å². The number of rotatable bonds is 5. The first-order chi connectivity index (χ1) is 11.5. The lowest BCUT2D eigenvalue weighted by Crippen LogP contribution is -2.28. The SMILES string of the molecule is Cc1ccc(C(C)NC(=O)Cc2ccc(N3CCCC3=O)cc2)o1. The van der Waals surface area contributed by atoms with E-state index in [-0.39, 0.29) is 17.9 Å². The number of anilines is 1. The third kappa shape index (κ3) is 3.67. The molecule has 3 rings (SSSR count). The van der Waals surface area contributed by atoms with E-state index in [4.69, 9.17) is 4.42 Å². The lowest BCUT2D eigenvalue weighted by atomic mass is 10.1. The Morgan fingerprint density at radius 2 is 2.00 bits per heavy atom. The van der Waals surface area contributed by atoms with Crippen molar-refractivity contribution in [2.75, 3.05) is 11.4 Å². The normalized spacial score (nSPS) is 15.6. The summed E-state index contributed by atoms with van der Waals surface area (Å²) in [5.41, 5.74) is 1.83. The molecule has 0 spiro atoms. The predicted octanol–water partition coefficient (Wildman–Crippen LogP) is 3.13. The van der Waals surface area contributed by atoms with Crippen molar-refractivity contribution < 1.29 is 14.0 Å². The Hall–Kier alpha value is -2.56. The van der Waals surface area contributed by atoms with Gasteiger partial charge < -0.3 is 14.6 Å². The minimum absolute atomic E-state index is 0.0541. The number of aryl methyl sites for hydroxylation is 1. The average Bonchev–Trinajstić information content (AvgIpc) is 3.16. The molecule has 2 heterocycles. The first-order valence-corrected chi connectivity index (χ1v) is 8.28. The van der Waals surface area contributed by atoms with Crippen molar-refractivity contribution in [1.29, 1.82) is 0 Å². The summed E-state index contributed by atoms with van der Waals surface area (Å²) in [6.07, 6.45) is 1.83. The molecule has 1 saturated heterocycles. The van der Waals surface area contributed by atoms with Gasteiger partial charge in [-0.05, 0) is 50.1 Å². The molecule has 2 aromatic rings. The summed E-state index contributed by atoms with van der Waals surface area (Å²) in [6.45, 7) is 4.56. The molecule has 1 fully saturated rings. The third-order valence-corrected chi connectivity index (χ3v) is 4.25. The van der Waals surface area contributed by atoms with Crippen LogP contribution < -0.4 is 10.2 Å². The molecule has 1 aromatic heterocycles. The highest BCUT2D eigenvalue weighted by atomic mass is 16.3. The second kappa shape index (κ2) is 6.91. The maximum absolute atomic E-state index is 12.2. The van der Waals surface area contributed by atoms with Gasteiger partial charge in [-0.2, -0.15) is 0 Å². The minimum atomic E-state index is -0.160. The quantitative estimate of drug-likeness (QED) is 0.918. The van der Waals surface area contributed by atoms with Crippen molar-refractivity contribution in [1.82, 2.24) is 5.32 Å². The van der Waals surface area contributed by atoms with Crippen LogP contribution >= 0.6 is 0 Å². The number of furan rings is 1. The van der Waals surface area contributed by atoms with Gasteiger partial charge in [0, 0.05) is 18.7 Å². The van der Waals surface area contributed by atoms with Gasteiger partial charge in [-0.15, -0.1) is 0 Å². The highest BCUT2D eigenvalue weighted by Crippen LogP contribution is 2.22. The highest BCUT2D eigenvalue weighted by molar-refractivity contribution is 5.95. The molecule has 5 heteroatoms. The van der Waals surface area contributed by atoms with Crippen LogP contribution in [0.3, 0.4) is 0 Å². The second-order valence-electron chi connectivity index (χ2n) is 6.23. The summed E-state index contributed by atoms with van der Waals surface area (Å²) in [6, 6.07) is 11.2. The molecule has 1 aliphatic rings. The van der Waals surface area contributed by atoms with Crippen LogP contribution in [0, 0.1) is 6.92 Å². The molecular weight excluding hydrogens is 304 g/mol. The summed E-state index contributed by atoms with van der Waals surface area (Å²) in [5.74, 6) is 1.70. The van der Waals surface area contributed by atoms with Gasteiger partial charge in [0.05, 0.1) is 12.5 Å². The second-order valence-corrected chi connectivity index (χ2v) is 6.23. The van der Waals surface area contributed by atoms with Gasteiger partial charge in [0.1, 0.15) is 11.5 Å². The van der Waals surface area contributed by atoms with Crippen LogP contribution in [0.15, 0.2) is 40.8 Å². The molecule has 0 bridgehead atoms. The summed E-state index contributed by atoms with van der Waals surface area (Å²) in [4.78, 5) is 25.7. The molecule has 5 nitrogen and oxygen atoms in total. The predicted molar refractivity (Wildman–Crippen MR) is 91.7 cm³/mol. The van der Waals surface area contributed by atoms with Crippen LogP contribution in [0.2, 0.25) is 0 Å². The van der Waals surface area contributed by atoms with Crippen LogP contribution in [0.5, 0.6) is 0 Å². The molecule has 2 amide bonds. The Bertz CT molecular complexity index is 733. The van der Waals surface area contributed by atoms with E-state index in [1.165, 1.54) is 0 Å². The van der Waals surface area contributed by atoms with Crippen molar-refractivity contribution in [3.05, 3.63) is 53.5 Å². The van der Waals surface area contributed by atoms with Gasteiger partial charge in [0.25, 0.3) is 0 Å². The number of hydrogen-bond acceptors (Lipinski definition) is 3. The molecule has 1 N–H and O–H groups in total. The van der Waals surface area contributed by atoms with E-state index in [0.717, 1.165) is 35.7 Å². The maximum Gasteiger partial charge on any atom is 0.227 e. The largest absolute Gasteiger partial charge is 0.464 e. The highest BCUT2D eigenvalue weighted by Gasteiger charge is 2.21. The van der Waals surface area contributed by atoms with E-state index in [9.17, 15) is 9.59 Å². The molecule has 1 aliphatic heterocycles. The van der Waals surface area contributed by atoms with E-state index in [1.807, 2.05) is 50.2 Å². The van der Waals surface area contributed by atoms with Gasteiger partial charge in [-0.25, -0.2) is 0 Å². The number of carbonyl (C=O) groups is 2. The van der Waals surface area contributed by atoms with Gasteiger partial charge >= 0.3 is 0 Å². The molecule has 1 unspecified atom stereocenters. The first kappa shape index (κ1) is 16.3. The van der Waals surface area contributed by atoms with Crippen molar-refractivity contribution in [2.24, 2.45) is 0 Å². The Labute approximate surface area is 141 Å². The Balaban J connectivity index is 1.57. The lowest BCUT2D eigenvalue weighted by Gasteiger charge is -2.16. The van der Waals surface area contributed by atoms with Crippen LogP contribution in [0.4, 0.5) is 5.69 Å². The molecular formula is C19H22N2O3. The molecule has 24 heavy (non-hydrogen) atoms. The Morgan fingerprint density at radius 3 is 2.58 bits per heavy atom. The van der Waals surface area contributed by atoms with Gasteiger partial charge in [0.15, 0.2) is 0 Å². The smallest absolute Gasteiger partial charge is 0.227 e. The summed E-state index contributed by atoms with van der Waals surface area (Å²) in [7, 11) is 0. The maximum atomic E-state index is 12.2. The number of benzene rings is 1.